The van der Waals surface area contributed by atoms with Crippen LogP contribution in [0.2, 0.25) is 0 Å². The minimum Gasteiger partial charge on any atom is -0.497 e. The first-order chi connectivity index (χ1) is 17.0. The summed E-state index contributed by atoms with van der Waals surface area (Å²) in [4.78, 5) is 17.7. The van der Waals surface area contributed by atoms with Gasteiger partial charge in [-0.15, -0.1) is 0 Å². The molecule has 0 saturated carbocycles. The predicted octanol–water partition coefficient (Wildman–Crippen LogP) is 5.43. The third-order valence-corrected chi connectivity index (χ3v) is 6.35. The van der Waals surface area contributed by atoms with Crippen molar-refractivity contribution in [1.82, 2.24) is 15.2 Å². The number of thiocarbonyl (C=S) groups is 1. The van der Waals surface area contributed by atoms with E-state index in [1.807, 2.05) is 48.5 Å². The molecular weight excluding hydrogens is 464 g/mol. The van der Waals surface area contributed by atoms with Gasteiger partial charge in [-0.3, -0.25) is 15.1 Å². The van der Waals surface area contributed by atoms with Gasteiger partial charge >= 0.3 is 0 Å². The molecule has 0 spiro atoms. The zero-order valence-electron chi connectivity index (χ0n) is 18.8. The molecule has 35 heavy (non-hydrogen) atoms. The van der Waals surface area contributed by atoms with E-state index in [1.54, 1.807) is 37.6 Å². The molecule has 2 aromatic heterocycles. The molecule has 0 radical (unpaired) electrons. The predicted molar refractivity (Wildman–Crippen MR) is 135 cm³/mol. The first-order valence-corrected chi connectivity index (χ1v) is 11.4. The average molecular weight is 487 g/mol. The number of hydrogen-bond donors (Lipinski definition) is 1. The van der Waals surface area contributed by atoms with Crippen molar-refractivity contribution in [2.75, 3.05) is 7.11 Å². The first kappa shape index (κ1) is 22.5. The lowest BCUT2D eigenvalue weighted by atomic mass is 10.0. The lowest BCUT2D eigenvalue weighted by molar-refractivity contribution is -0.384. The van der Waals surface area contributed by atoms with Gasteiger partial charge < -0.3 is 19.4 Å². The molecule has 4 aromatic rings. The van der Waals surface area contributed by atoms with E-state index in [0.717, 1.165) is 17.0 Å². The largest absolute Gasteiger partial charge is 0.497 e. The van der Waals surface area contributed by atoms with Crippen LogP contribution < -0.4 is 10.1 Å². The summed E-state index contributed by atoms with van der Waals surface area (Å²) in [7, 11) is 1.63. The number of nitro groups is 1. The Morgan fingerprint density at radius 3 is 2.57 bits per heavy atom. The van der Waals surface area contributed by atoms with Crippen molar-refractivity contribution < 1.29 is 14.1 Å². The number of nitrogens with one attached hydrogen (secondary N) is 1. The fraction of sp³-hybridized carbons (Fsp3) is 0.154. The van der Waals surface area contributed by atoms with Crippen molar-refractivity contribution in [2.24, 2.45) is 0 Å². The Morgan fingerprint density at radius 1 is 1.09 bits per heavy atom. The molecule has 2 atom stereocenters. The summed E-state index contributed by atoms with van der Waals surface area (Å²) in [6.45, 7) is 0.533. The molecule has 3 heterocycles. The molecule has 1 N–H and O–H groups in total. The van der Waals surface area contributed by atoms with Crippen LogP contribution in [0.15, 0.2) is 89.5 Å². The van der Waals surface area contributed by atoms with Crippen molar-refractivity contribution in [3.8, 4) is 17.1 Å². The molecule has 0 unspecified atom stereocenters. The number of rotatable bonds is 7. The Labute approximate surface area is 207 Å². The lowest BCUT2D eigenvalue weighted by Crippen LogP contribution is -2.29. The zero-order chi connectivity index (χ0) is 24.4. The van der Waals surface area contributed by atoms with E-state index in [9.17, 15) is 10.1 Å². The molecule has 176 valence electrons. The fourth-order valence-electron chi connectivity index (χ4n) is 4.31. The van der Waals surface area contributed by atoms with Gasteiger partial charge in [0.15, 0.2) is 5.11 Å². The van der Waals surface area contributed by atoms with Crippen LogP contribution in [0.4, 0.5) is 5.69 Å². The van der Waals surface area contributed by atoms with Crippen LogP contribution in [-0.4, -0.2) is 27.0 Å². The van der Waals surface area contributed by atoms with Gasteiger partial charge in [0.05, 0.1) is 29.3 Å². The standard InChI is InChI=1S/C26H22N4O4S/c1-33-18-11-9-17(10-12-18)16-29-25(24(28-26(29)35)20-7-4-5-15-27-20)23-14-13-22(34-23)19-6-2-3-8-21(19)30(31)32/h2-15,24-25H,16H2,1H3,(H,28,35)/t24-,25+/m1/s1. The van der Waals surface area contributed by atoms with Crippen molar-refractivity contribution >= 4 is 23.0 Å². The highest BCUT2D eigenvalue weighted by atomic mass is 32.1. The van der Waals surface area contributed by atoms with Crippen LogP contribution in [-0.2, 0) is 6.54 Å². The van der Waals surface area contributed by atoms with Crippen molar-refractivity contribution in [3.05, 3.63) is 112 Å². The number of para-hydroxylation sites is 1. The Balaban J connectivity index is 1.54. The minimum absolute atomic E-state index is 0.00941. The van der Waals surface area contributed by atoms with E-state index in [2.05, 4.69) is 15.2 Å². The van der Waals surface area contributed by atoms with Gasteiger partial charge in [-0.25, -0.2) is 0 Å². The number of methoxy groups -OCH3 is 1. The molecule has 5 rings (SSSR count). The van der Waals surface area contributed by atoms with E-state index in [0.29, 0.717) is 28.7 Å². The maximum Gasteiger partial charge on any atom is 0.280 e. The van der Waals surface area contributed by atoms with Crippen LogP contribution >= 0.6 is 12.2 Å². The number of nitro benzene ring substituents is 1. The van der Waals surface area contributed by atoms with E-state index in [4.69, 9.17) is 21.4 Å². The number of ether oxygens (including phenoxy) is 1. The van der Waals surface area contributed by atoms with Crippen molar-refractivity contribution in [2.45, 2.75) is 18.6 Å². The molecule has 1 saturated heterocycles. The Bertz CT molecular complexity index is 1360. The average Bonchev–Trinajstić information content (AvgIpc) is 3.50. The highest BCUT2D eigenvalue weighted by Crippen LogP contribution is 2.42. The number of pyridine rings is 1. The second-order valence-electron chi connectivity index (χ2n) is 8.08. The summed E-state index contributed by atoms with van der Waals surface area (Å²) in [5.74, 6) is 1.84. The molecule has 1 aliphatic rings. The van der Waals surface area contributed by atoms with Crippen LogP contribution in [0.5, 0.6) is 5.75 Å². The van der Waals surface area contributed by atoms with Crippen molar-refractivity contribution in [1.29, 1.82) is 0 Å². The van der Waals surface area contributed by atoms with Gasteiger partial charge in [0.1, 0.15) is 23.3 Å². The zero-order valence-corrected chi connectivity index (χ0v) is 19.6. The smallest absolute Gasteiger partial charge is 0.280 e. The topological polar surface area (TPSA) is 93.7 Å². The Morgan fingerprint density at radius 2 is 1.86 bits per heavy atom. The maximum absolute atomic E-state index is 11.6. The number of hydrogen-bond acceptors (Lipinski definition) is 6. The molecule has 1 aliphatic heterocycles. The van der Waals surface area contributed by atoms with Crippen LogP contribution in [0.3, 0.4) is 0 Å². The molecule has 0 aliphatic carbocycles. The summed E-state index contributed by atoms with van der Waals surface area (Å²) < 4.78 is 11.5. The molecule has 0 amide bonds. The van der Waals surface area contributed by atoms with Crippen LogP contribution in [0.1, 0.15) is 29.1 Å². The van der Waals surface area contributed by atoms with E-state index in [-0.39, 0.29) is 17.8 Å². The third kappa shape index (κ3) is 4.45. The summed E-state index contributed by atoms with van der Waals surface area (Å²) in [5, 5.41) is 15.5. The monoisotopic (exact) mass is 486 g/mol. The second kappa shape index (κ2) is 9.55. The summed E-state index contributed by atoms with van der Waals surface area (Å²) >= 11 is 5.73. The number of aromatic nitrogens is 1. The van der Waals surface area contributed by atoms with Gasteiger partial charge in [0.2, 0.25) is 0 Å². The molecule has 1 fully saturated rings. The summed E-state index contributed by atoms with van der Waals surface area (Å²) in [5.41, 5.74) is 2.28. The summed E-state index contributed by atoms with van der Waals surface area (Å²) in [6.07, 6.45) is 1.74. The normalized spacial score (nSPS) is 17.3. The minimum atomic E-state index is -0.406. The second-order valence-corrected chi connectivity index (χ2v) is 8.47. The van der Waals surface area contributed by atoms with Crippen LogP contribution in [0.25, 0.3) is 11.3 Å². The van der Waals surface area contributed by atoms with Gasteiger partial charge in [-0.2, -0.15) is 0 Å². The van der Waals surface area contributed by atoms with E-state index in [1.165, 1.54) is 6.07 Å². The summed E-state index contributed by atoms with van der Waals surface area (Å²) in [6, 6.07) is 23.1. The van der Waals surface area contributed by atoms with Gasteiger partial charge in [0.25, 0.3) is 5.69 Å². The van der Waals surface area contributed by atoms with Crippen LogP contribution in [0, 0.1) is 10.1 Å². The van der Waals surface area contributed by atoms with Gasteiger partial charge in [-0.05, 0) is 60.2 Å². The molecular formula is C26H22N4O4S. The highest BCUT2D eigenvalue weighted by molar-refractivity contribution is 7.80. The van der Waals surface area contributed by atoms with Gasteiger partial charge in [-0.1, -0.05) is 30.3 Å². The quantitative estimate of drug-likeness (QED) is 0.210. The molecule has 2 aromatic carbocycles. The molecule has 0 bridgehead atoms. The maximum atomic E-state index is 11.6. The SMILES string of the molecule is COc1ccc(CN2C(=S)N[C@H](c3ccccn3)[C@@H]2c2ccc(-c3ccccc3[N+](=O)[O-])o2)cc1. The van der Waals surface area contributed by atoms with Crippen molar-refractivity contribution in [3.63, 3.8) is 0 Å². The van der Waals surface area contributed by atoms with Gasteiger partial charge in [0, 0.05) is 18.8 Å². The first-order valence-electron chi connectivity index (χ1n) is 11.0. The fourth-order valence-corrected chi connectivity index (χ4v) is 4.62. The molecule has 9 heteroatoms. The molecule has 8 nitrogen and oxygen atoms in total. The highest BCUT2D eigenvalue weighted by Gasteiger charge is 2.41. The number of furan rings is 1. The number of nitrogens with zero attached hydrogens (tertiary/aromatic N) is 3. The Hall–Kier alpha value is -4.24. The lowest BCUT2D eigenvalue weighted by Gasteiger charge is -2.26. The van der Waals surface area contributed by atoms with E-state index >= 15 is 0 Å². The number of benzene rings is 2. The third-order valence-electron chi connectivity index (χ3n) is 5.99. The van der Waals surface area contributed by atoms with E-state index < -0.39 is 4.92 Å². The Kier molecular flexibility index (Phi) is 6.15.